The number of carbonyl (C=O) groups is 1. The van der Waals surface area contributed by atoms with E-state index >= 15 is 0 Å². The fourth-order valence-electron chi connectivity index (χ4n) is 3.78. The number of likely N-dealkylation sites (tertiary alicyclic amines) is 1. The van der Waals surface area contributed by atoms with E-state index in [0.29, 0.717) is 5.56 Å². The molecule has 2 aromatic rings. The topological polar surface area (TPSA) is 75.8 Å². The van der Waals surface area contributed by atoms with Crippen LogP contribution < -0.4 is 10.5 Å². The first-order chi connectivity index (χ1) is 12.4. The Morgan fingerprint density at radius 1 is 1.23 bits per heavy atom. The van der Waals surface area contributed by atoms with Gasteiger partial charge in [-0.1, -0.05) is 24.3 Å². The van der Waals surface area contributed by atoms with Crippen LogP contribution in [0.25, 0.3) is 0 Å². The number of aliphatic hydroxyl groups is 1. The molecule has 26 heavy (non-hydrogen) atoms. The molecule has 0 bridgehead atoms. The van der Waals surface area contributed by atoms with Crippen molar-refractivity contribution in [3.8, 4) is 5.75 Å². The van der Waals surface area contributed by atoms with Gasteiger partial charge < -0.3 is 15.6 Å². The number of rotatable bonds is 6. The molecule has 0 spiro atoms. The molecule has 1 heterocycles. The van der Waals surface area contributed by atoms with Gasteiger partial charge in [0.25, 0.3) is 0 Å². The van der Waals surface area contributed by atoms with E-state index in [1.807, 2.05) is 43.3 Å². The highest BCUT2D eigenvalue weighted by atomic mass is 16.5. The molecule has 0 aliphatic carbocycles. The van der Waals surface area contributed by atoms with Gasteiger partial charge in [0.2, 0.25) is 5.91 Å². The number of amides is 1. The maximum Gasteiger partial charge on any atom is 0.248 e. The minimum absolute atomic E-state index is 0.0340. The molecule has 5 nitrogen and oxygen atoms in total. The standard InChI is InChI=1S/C21H26N2O3/c1-21(25,17-9-11-18(26-2)12-10-17)19-4-3-13-23(19)14-15-5-7-16(8-6-15)20(22)24/h5-12,19,25H,3-4,13-14H2,1-2H3,(H2,22,24)/t19-,21-/m0/s1. The molecule has 1 aliphatic heterocycles. The molecule has 138 valence electrons. The Balaban J connectivity index is 1.76. The molecule has 0 unspecified atom stereocenters. The van der Waals surface area contributed by atoms with Crippen LogP contribution in [0.2, 0.25) is 0 Å². The Hall–Kier alpha value is -2.37. The van der Waals surface area contributed by atoms with E-state index in [9.17, 15) is 9.90 Å². The Bertz CT molecular complexity index is 754. The van der Waals surface area contributed by atoms with E-state index in [0.717, 1.165) is 42.8 Å². The molecular formula is C21H26N2O3. The second-order valence-corrected chi connectivity index (χ2v) is 7.07. The van der Waals surface area contributed by atoms with Gasteiger partial charge >= 0.3 is 0 Å². The highest BCUT2D eigenvalue weighted by Crippen LogP contribution is 2.36. The van der Waals surface area contributed by atoms with Crippen molar-refractivity contribution >= 4 is 5.91 Å². The number of nitrogens with zero attached hydrogens (tertiary/aromatic N) is 1. The van der Waals surface area contributed by atoms with Gasteiger partial charge in [-0.05, 0) is 61.7 Å². The molecule has 1 saturated heterocycles. The normalized spacial score (nSPS) is 19.9. The van der Waals surface area contributed by atoms with Crippen molar-refractivity contribution in [1.82, 2.24) is 4.90 Å². The lowest BCUT2D eigenvalue weighted by Gasteiger charge is -2.37. The van der Waals surface area contributed by atoms with Crippen molar-refractivity contribution in [1.29, 1.82) is 0 Å². The third-order valence-corrected chi connectivity index (χ3v) is 5.31. The zero-order valence-electron chi connectivity index (χ0n) is 15.3. The molecule has 3 rings (SSSR count). The second-order valence-electron chi connectivity index (χ2n) is 7.07. The van der Waals surface area contributed by atoms with Gasteiger partial charge in [0.05, 0.1) is 7.11 Å². The Kier molecular flexibility index (Phi) is 5.30. The van der Waals surface area contributed by atoms with Crippen LogP contribution in [0.5, 0.6) is 5.75 Å². The van der Waals surface area contributed by atoms with Gasteiger partial charge in [0.1, 0.15) is 11.4 Å². The van der Waals surface area contributed by atoms with Gasteiger partial charge in [-0.2, -0.15) is 0 Å². The maximum absolute atomic E-state index is 11.3. The van der Waals surface area contributed by atoms with E-state index in [1.54, 1.807) is 19.2 Å². The molecule has 0 aromatic heterocycles. The monoisotopic (exact) mass is 354 g/mol. The van der Waals surface area contributed by atoms with E-state index in [2.05, 4.69) is 4.90 Å². The third kappa shape index (κ3) is 3.74. The fraction of sp³-hybridized carbons (Fsp3) is 0.381. The van der Waals surface area contributed by atoms with Crippen LogP contribution in [-0.2, 0) is 12.1 Å². The van der Waals surface area contributed by atoms with Crippen molar-refractivity contribution in [3.05, 3.63) is 65.2 Å². The molecule has 0 radical (unpaired) electrons. The molecule has 1 amide bonds. The van der Waals surface area contributed by atoms with Gasteiger partial charge in [0, 0.05) is 18.2 Å². The predicted octanol–water partition coefficient (Wildman–Crippen LogP) is 2.67. The lowest BCUT2D eigenvalue weighted by molar-refractivity contribution is -0.0254. The maximum atomic E-state index is 11.3. The number of benzene rings is 2. The average Bonchev–Trinajstić information content (AvgIpc) is 3.11. The van der Waals surface area contributed by atoms with Gasteiger partial charge in [-0.25, -0.2) is 0 Å². The zero-order chi connectivity index (χ0) is 18.7. The van der Waals surface area contributed by atoms with E-state index in [1.165, 1.54) is 0 Å². The summed E-state index contributed by atoms with van der Waals surface area (Å²) in [5.74, 6) is 0.361. The van der Waals surface area contributed by atoms with Crippen molar-refractivity contribution in [2.45, 2.75) is 38.0 Å². The molecule has 2 atom stereocenters. The van der Waals surface area contributed by atoms with Gasteiger partial charge in [-0.15, -0.1) is 0 Å². The first kappa shape index (κ1) is 18.4. The van der Waals surface area contributed by atoms with Gasteiger partial charge in [0.15, 0.2) is 0 Å². The summed E-state index contributed by atoms with van der Waals surface area (Å²) in [6, 6.07) is 15.0. The summed E-state index contributed by atoms with van der Waals surface area (Å²) in [6.45, 7) is 3.55. The van der Waals surface area contributed by atoms with Crippen molar-refractivity contribution in [2.75, 3.05) is 13.7 Å². The van der Waals surface area contributed by atoms with Crippen LogP contribution in [-0.4, -0.2) is 35.6 Å². The first-order valence-electron chi connectivity index (χ1n) is 8.91. The van der Waals surface area contributed by atoms with Crippen LogP contribution in [0.3, 0.4) is 0 Å². The summed E-state index contributed by atoms with van der Waals surface area (Å²) in [5, 5.41) is 11.3. The molecular weight excluding hydrogens is 328 g/mol. The quantitative estimate of drug-likeness (QED) is 0.836. The summed E-state index contributed by atoms with van der Waals surface area (Å²) in [5.41, 5.74) is 6.86. The Labute approximate surface area is 154 Å². The molecule has 1 fully saturated rings. The van der Waals surface area contributed by atoms with Crippen LogP contribution in [0.4, 0.5) is 0 Å². The van der Waals surface area contributed by atoms with Crippen LogP contribution in [0.15, 0.2) is 48.5 Å². The SMILES string of the molecule is COc1ccc([C@](C)(O)[C@@H]2CCCN2Cc2ccc(C(N)=O)cc2)cc1. The van der Waals surface area contributed by atoms with Crippen molar-refractivity contribution in [2.24, 2.45) is 5.73 Å². The van der Waals surface area contributed by atoms with Crippen molar-refractivity contribution in [3.63, 3.8) is 0 Å². The summed E-state index contributed by atoms with van der Waals surface area (Å²) in [7, 11) is 1.63. The van der Waals surface area contributed by atoms with E-state index < -0.39 is 11.5 Å². The lowest BCUT2D eigenvalue weighted by atomic mass is 9.86. The Morgan fingerprint density at radius 2 is 1.88 bits per heavy atom. The fourth-order valence-corrected chi connectivity index (χ4v) is 3.78. The highest BCUT2D eigenvalue weighted by Gasteiger charge is 2.40. The Morgan fingerprint density at radius 3 is 2.46 bits per heavy atom. The average molecular weight is 354 g/mol. The van der Waals surface area contributed by atoms with Crippen LogP contribution >= 0.6 is 0 Å². The summed E-state index contributed by atoms with van der Waals surface area (Å²) in [6.07, 6.45) is 1.99. The first-order valence-corrected chi connectivity index (χ1v) is 8.91. The minimum atomic E-state index is -0.948. The third-order valence-electron chi connectivity index (χ3n) is 5.31. The second kappa shape index (κ2) is 7.48. The van der Waals surface area contributed by atoms with E-state index in [4.69, 9.17) is 10.5 Å². The molecule has 1 aliphatic rings. The number of primary amides is 1. The number of nitrogens with two attached hydrogens (primary N) is 1. The summed E-state index contributed by atoms with van der Waals surface area (Å²) < 4.78 is 5.21. The minimum Gasteiger partial charge on any atom is -0.497 e. The van der Waals surface area contributed by atoms with Crippen LogP contribution in [0.1, 0.15) is 41.3 Å². The molecule has 3 N–H and O–H groups in total. The number of hydrogen-bond acceptors (Lipinski definition) is 4. The summed E-state index contributed by atoms with van der Waals surface area (Å²) >= 11 is 0. The molecule has 2 aromatic carbocycles. The number of hydrogen-bond donors (Lipinski definition) is 2. The molecule has 0 saturated carbocycles. The predicted molar refractivity (Wildman–Crippen MR) is 101 cm³/mol. The number of methoxy groups -OCH3 is 1. The lowest BCUT2D eigenvalue weighted by Crippen LogP contribution is -2.45. The number of carbonyl (C=O) groups excluding carboxylic acids is 1. The zero-order valence-corrected chi connectivity index (χ0v) is 15.3. The van der Waals surface area contributed by atoms with Gasteiger partial charge in [-0.3, -0.25) is 9.69 Å². The van der Waals surface area contributed by atoms with Crippen LogP contribution in [0, 0.1) is 0 Å². The van der Waals surface area contributed by atoms with Crippen molar-refractivity contribution < 1.29 is 14.6 Å². The smallest absolute Gasteiger partial charge is 0.248 e. The highest BCUT2D eigenvalue weighted by molar-refractivity contribution is 5.92. The summed E-state index contributed by atoms with van der Waals surface area (Å²) in [4.78, 5) is 13.5. The molecule has 5 heteroatoms. The largest absolute Gasteiger partial charge is 0.497 e. The number of ether oxygens (including phenoxy) is 1. The van der Waals surface area contributed by atoms with E-state index in [-0.39, 0.29) is 6.04 Å².